The molecule has 0 spiro atoms. The van der Waals surface area contributed by atoms with Gasteiger partial charge in [0.2, 0.25) is 5.91 Å². The van der Waals surface area contributed by atoms with E-state index in [0.29, 0.717) is 39.4 Å². The predicted molar refractivity (Wildman–Crippen MR) is 140 cm³/mol. The monoisotopic (exact) mass is 549 g/mol. The van der Waals surface area contributed by atoms with Crippen molar-refractivity contribution in [2.45, 2.75) is 38.5 Å². The third kappa shape index (κ3) is 6.99. The molecule has 0 radical (unpaired) electrons. The van der Waals surface area contributed by atoms with Crippen molar-refractivity contribution < 1.29 is 19.1 Å². The zero-order valence-electron chi connectivity index (χ0n) is 19.9. The summed E-state index contributed by atoms with van der Waals surface area (Å²) in [5, 5.41) is 15.3. The Hall–Kier alpha value is -3.08. The molecule has 0 aliphatic rings. The SMILES string of the molecule is CCOC(=O)c1cccc(NC(=O)CSc2nnc([C@H](C)NC(=O)c3ccc(Cl)cc3Cl)n2CC)c1. The van der Waals surface area contributed by atoms with Gasteiger partial charge in [0.25, 0.3) is 5.91 Å². The molecule has 0 unspecified atom stereocenters. The van der Waals surface area contributed by atoms with Crippen molar-refractivity contribution in [2.24, 2.45) is 0 Å². The Balaban J connectivity index is 1.62. The normalized spacial score (nSPS) is 11.6. The Kier molecular flexibility index (Phi) is 9.74. The summed E-state index contributed by atoms with van der Waals surface area (Å²) in [7, 11) is 0. The van der Waals surface area contributed by atoms with E-state index in [1.54, 1.807) is 50.2 Å². The van der Waals surface area contributed by atoms with Crippen LogP contribution >= 0.6 is 35.0 Å². The number of nitrogens with zero attached hydrogens (tertiary/aromatic N) is 3. The molecule has 2 N–H and O–H groups in total. The van der Waals surface area contributed by atoms with E-state index in [2.05, 4.69) is 20.8 Å². The highest BCUT2D eigenvalue weighted by molar-refractivity contribution is 7.99. The Morgan fingerprint density at radius 2 is 1.89 bits per heavy atom. The van der Waals surface area contributed by atoms with E-state index in [0.717, 1.165) is 0 Å². The van der Waals surface area contributed by atoms with E-state index < -0.39 is 12.0 Å². The molecule has 12 heteroatoms. The van der Waals surface area contributed by atoms with Crippen molar-refractivity contribution in [3.63, 3.8) is 0 Å². The number of anilines is 1. The molecular formula is C24H25Cl2N5O4S. The maximum atomic E-state index is 12.7. The summed E-state index contributed by atoms with van der Waals surface area (Å²) in [5.74, 6) is -0.476. The molecular weight excluding hydrogens is 525 g/mol. The number of nitrogens with one attached hydrogen (secondary N) is 2. The van der Waals surface area contributed by atoms with Gasteiger partial charge in [0.1, 0.15) is 0 Å². The van der Waals surface area contributed by atoms with Gasteiger partial charge in [0, 0.05) is 17.3 Å². The number of aromatic nitrogens is 3. The van der Waals surface area contributed by atoms with Crippen LogP contribution in [0, 0.1) is 0 Å². The van der Waals surface area contributed by atoms with Gasteiger partial charge in [-0.05, 0) is 57.2 Å². The molecule has 0 bridgehead atoms. The van der Waals surface area contributed by atoms with Crippen LogP contribution < -0.4 is 10.6 Å². The summed E-state index contributed by atoms with van der Waals surface area (Å²) in [5.41, 5.74) is 1.14. The number of amides is 2. The fourth-order valence-corrected chi connectivity index (χ4v) is 4.61. The summed E-state index contributed by atoms with van der Waals surface area (Å²) < 4.78 is 6.82. The number of carbonyl (C=O) groups excluding carboxylic acids is 3. The number of carbonyl (C=O) groups is 3. The topological polar surface area (TPSA) is 115 Å². The van der Waals surface area contributed by atoms with Gasteiger partial charge >= 0.3 is 5.97 Å². The molecule has 190 valence electrons. The van der Waals surface area contributed by atoms with Crippen molar-refractivity contribution >= 4 is 58.4 Å². The van der Waals surface area contributed by atoms with Gasteiger partial charge in [0.15, 0.2) is 11.0 Å². The number of halogens is 2. The average molecular weight is 550 g/mol. The van der Waals surface area contributed by atoms with E-state index in [1.165, 1.54) is 17.8 Å². The van der Waals surface area contributed by atoms with Gasteiger partial charge in [-0.25, -0.2) is 4.79 Å². The second-order valence-electron chi connectivity index (χ2n) is 7.54. The Bertz CT molecular complexity index is 1270. The van der Waals surface area contributed by atoms with Crippen LogP contribution in [0.15, 0.2) is 47.6 Å². The van der Waals surface area contributed by atoms with Crippen LogP contribution in [0.2, 0.25) is 10.0 Å². The highest BCUT2D eigenvalue weighted by atomic mass is 35.5. The van der Waals surface area contributed by atoms with Crippen molar-refractivity contribution in [3.05, 3.63) is 69.5 Å². The minimum atomic E-state index is -0.467. The van der Waals surface area contributed by atoms with Crippen LogP contribution in [0.5, 0.6) is 0 Å². The van der Waals surface area contributed by atoms with Crippen molar-refractivity contribution in [3.8, 4) is 0 Å². The number of hydrogen-bond acceptors (Lipinski definition) is 7. The van der Waals surface area contributed by atoms with Crippen LogP contribution in [0.25, 0.3) is 0 Å². The van der Waals surface area contributed by atoms with Crippen LogP contribution in [0.1, 0.15) is 53.4 Å². The second-order valence-corrected chi connectivity index (χ2v) is 9.33. The Morgan fingerprint density at radius 1 is 1.11 bits per heavy atom. The number of hydrogen-bond donors (Lipinski definition) is 2. The highest BCUT2D eigenvalue weighted by Gasteiger charge is 2.21. The zero-order chi connectivity index (χ0) is 26.2. The number of esters is 1. The summed E-state index contributed by atoms with van der Waals surface area (Å²) in [6.07, 6.45) is 0. The number of thioether (sulfide) groups is 1. The van der Waals surface area contributed by atoms with Crippen LogP contribution in [-0.2, 0) is 16.1 Å². The lowest BCUT2D eigenvalue weighted by Gasteiger charge is -2.15. The molecule has 0 fully saturated rings. The molecule has 0 aliphatic heterocycles. The first-order valence-electron chi connectivity index (χ1n) is 11.1. The molecule has 2 amide bonds. The number of benzene rings is 2. The third-order valence-corrected chi connectivity index (χ3v) is 6.48. The fraction of sp³-hybridized carbons (Fsp3) is 0.292. The van der Waals surface area contributed by atoms with E-state index in [1.807, 2.05) is 11.5 Å². The average Bonchev–Trinajstić information content (AvgIpc) is 3.26. The minimum Gasteiger partial charge on any atom is -0.462 e. The third-order valence-electron chi connectivity index (χ3n) is 4.96. The second kappa shape index (κ2) is 12.8. The number of ether oxygens (including phenoxy) is 1. The van der Waals surface area contributed by atoms with E-state index in [4.69, 9.17) is 27.9 Å². The smallest absolute Gasteiger partial charge is 0.338 e. The Morgan fingerprint density at radius 3 is 2.58 bits per heavy atom. The molecule has 36 heavy (non-hydrogen) atoms. The standard InChI is InChI=1S/C24H25Cl2N5O4S/c1-4-31-21(14(3)27-22(33)18-10-9-16(25)12-19(18)26)29-30-24(31)36-13-20(32)28-17-8-6-7-15(11-17)23(34)35-5-2/h6-12,14H,4-5,13H2,1-3H3,(H,27,33)(H,28,32)/t14-/m0/s1. The van der Waals surface area contributed by atoms with Gasteiger partial charge < -0.3 is 19.9 Å². The fourth-order valence-electron chi connectivity index (χ4n) is 3.30. The van der Waals surface area contributed by atoms with Gasteiger partial charge in [-0.1, -0.05) is 41.0 Å². The molecule has 9 nitrogen and oxygen atoms in total. The molecule has 0 aliphatic carbocycles. The lowest BCUT2D eigenvalue weighted by Crippen LogP contribution is -2.29. The first kappa shape index (κ1) is 27.5. The summed E-state index contributed by atoms with van der Waals surface area (Å²) in [6, 6.07) is 10.7. The first-order chi connectivity index (χ1) is 17.2. The lowest BCUT2D eigenvalue weighted by molar-refractivity contribution is -0.113. The van der Waals surface area contributed by atoms with E-state index in [9.17, 15) is 14.4 Å². The summed E-state index contributed by atoms with van der Waals surface area (Å²) in [6.45, 7) is 6.24. The largest absolute Gasteiger partial charge is 0.462 e. The quantitative estimate of drug-likeness (QED) is 0.270. The lowest BCUT2D eigenvalue weighted by atomic mass is 10.2. The van der Waals surface area contributed by atoms with E-state index >= 15 is 0 Å². The minimum absolute atomic E-state index is 0.0723. The molecule has 0 saturated heterocycles. The molecule has 2 aromatic carbocycles. The molecule has 0 saturated carbocycles. The first-order valence-corrected chi connectivity index (χ1v) is 12.9. The zero-order valence-corrected chi connectivity index (χ0v) is 22.2. The van der Waals surface area contributed by atoms with E-state index in [-0.39, 0.29) is 29.2 Å². The Labute approximate surface area is 222 Å². The maximum Gasteiger partial charge on any atom is 0.338 e. The molecule has 3 rings (SSSR count). The van der Waals surface area contributed by atoms with Crippen LogP contribution in [0.4, 0.5) is 5.69 Å². The van der Waals surface area contributed by atoms with Crippen LogP contribution in [0.3, 0.4) is 0 Å². The van der Waals surface area contributed by atoms with Crippen molar-refractivity contribution in [2.75, 3.05) is 17.7 Å². The summed E-state index contributed by atoms with van der Waals surface area (Å²) in [4.78, 5) is 37.1. The van der Waals surface area contributed by atoms with Gasteiger partial charge in [-0.3, -0.25) is 9.59 Å². The molecule has 1 heterocycles. The van der Waals surface area contributed by atoms with Crippen molar-refractivity contribution in [1.29, 1.82) is 0 Å². The predicted octanol–water partition coefficient (Wildman–Crippen LogP) is 5.00. The molecule has 1 atom stereocenters. The number of rotatable bonds is 10. The maximum absolute atomic E-state index is 12.7. The van der Waals surface area contributed by atoms with Crippen LogP contribution in [-0.4, -0.2) is 44.9 Å². The van der Waals surface area contributed by atoms with Crippen molar-refractivity contribution in [1.82, 2.24) is 20.1 Å². The van der Waals surface area contributed by atoms with Gasteiger partial charge in [-0.15, -0.1) is 10.2 Å². The van der Waals surface area contributed by atoms with Gasteiger partial charge in [0.05, 0.1) is 34.6 Å². The highest BCUT2D eigenvalue weighted by Crippen LogP contribution is 2.24. The van der Waals surface area contributed by atoms with Gasteiger partial charge in [-0.2, -0.15) is 0 Å². The molecule has 1 aromatic heterocycles. The summed E-state index contributed by atoms with van der Waals surface area (Å²) >= 11 is 13.3. The molecule has 3 aromatic rings.